The topological polar surface area (TPSA) is 79.5 Å². The number of benzene rings is 3. The minimum absolute atomic E-state index is 0.233. The van der Waals surface area contributed by atoms with Crippen LogP contribution in [0.15, 0.2) is 66.7 Å². The number of ether oxygens (including phenoxy) is 2. The second kappa shape index (κ2) is 10.1. The number of aromatic carboxylic acids is 1. The highest BCUT2D eigenvalue weighted by molar-refractivity contribution is 5.90. The van der Waals surface area contributed by atoms with Crippen molar-refractivity contribution < 1.29 is 19.4 Å². The summed E-state index contributed by atoms with van der Waals surface area (Å²) in [5.41, 5.74) is 4.47. The van der Waals surface area contributed by atoms with E-state index in [4.69, 9.17) is 14.6 Å². The highest BCUT2D eigenvalue weighted by atomic mass is 16.5. The van der Waals surface area contributed by atoms with Gasteiger partial charge >= 0.3 is 5.97 Å². The van der Waals surface area contributed by atoms with Crippen molar-refractivity contribution in [2.24, 2.45) is 0 Å². The molecule has 0 heterocycles. The quantitative estimate of drug-likeness (QED) is 0.376. The van der Waals surface area contributed by atoms with E-state index in [2.05, 4.69) is 6.07 Å². The molecule has 0 amide bonds. The number of carboxylic acid groups (broad SMARTS) is 1. The first-order valence-corrected chi connectivity index (χ1v) is 9.91. The first-order chi connectivity index (χ1) is 15.0. The number of rotatable bonds is 8. The number of aryl methyl sites for hydroxylation is 1. The summed E-state index contributed by atoms with van der Waals surface area (Å²) < 4.78 is 11.6. The highest BCUT2D eigenvalue weighted by Crippen LogP contribution is 2.31. The Balaban J connectivity index is 1.80. The van der Waals surface area contributed by atoms with Crippen LogP contribution in [0.5, 0.6) is 11.5 Å². The summed E-state index contributed by atoms with van der Waals surface area (Å²) in [7, 11) is 0. The lowest BCUT2D eigenvalue weighted by molar-refractivity contribution is 0.0697. The molecule has 5 heteroatoms. The molecule has 0 aliphatic heterocycles. The van der Waals surface area contributed by atoms with Gasteiger partial charge in [-0.3, -0.25) is 0 Å². The maximum Gasteiger partial charge on any atom is 0.335 e. The Bertz CT molecular complexity index is 1120. The molecule has 0 aromatic heterocycles. The zero-order valence-corrected chi connectivity index (χ0v) is 17.5. The number of nitriles is 1. The fourth-order valence-corrected chi connectivity index (χ4v) is 2.99. The van der Waals surface area contributed by atoms with Crippen molar-refractivity contribution in [1.82, 2.24) is 0 Å². The van der Waals surface area contributed by atoms with Gasteiger partial charge in [-0.05, 0) is 60.9 Å². The van der Waals surface area contributed by atoms with Gasteiger partial charge in [-0.2, -0.15) is 5.26 Å². The summed E-state index contributed by atoms with van der Waals surface area (Å²) in [5.74, 6) is 0.201. The lowest BCUT2D eigenvalue weighted by atomic mass is 10.0. The van der Waals surface area contributed by atoms with Crippen LogP contribution >= 0.6 is 0 Å². The molecular formula is C26H23NO4. The lowest BCUT2D eigenvalue weighted by Gasteiger charge is -2.13. The van der Waals surface area contributed by atoms with Crippen LogP contribution in [0, 0.1) is 18.3 Å². The minimum Gasteiger partial charge on any atom is -0.490 e. The van der Waals surface area contributed by atoms with Crippen LogP contribution in [-0.4, -0.2) is 17.7 Å². The second-order valence-electron chi connectivity index (χ2n) is 6.97. The Kier molecular flexibility index (Phi) is 7.08. The van der Waals surface area contributed by atoms with Crippen molar-refractivity contribution in [2.75, 3.05) is 6.61 Å². The van der Waals surface area contributed by atoms with E-state index in [0.717, 1.165) is 22.3 Å². The number of carboxylic acids is 1. The van der Waals surface area contributed by atoms with Crippen LogP contribution in [-0.2, 0) is 6.61 Å². The Morgan fingerprint density at radius 2 is 1.65 bits per heavy atom. The molecule has 31 heavy (non-hydrogen) atoms. The van der Waals surface area contributed by atoms with Gasteiger partial charge in [-0.1, -0.05) is 48.0 Å². The van der Waals surface area contributed by atoms with Crippen LogP contribution in [0.3, 0.4) is 0 Å². The van der Waals surface area contributed by atoms with Gasteiger partial charge in [0.2, 0.25) is 0 Å². The van der Waals surface area contributed by atoms with Gasteiger partial charge in [0.1, 0.15) is 6.61 Å². The number of nitrogens with zero attached hydrogens (tertiary/aromatic N) is 1. The molecule has 3 rings (SSSR count). The molecule has 0 atom stereocenters. The van der Waals surface area contributed by atoms with E-state index < -0.39 is 5.97 Å². The Morgan fingerprint density at radius 3 is 2.26 bits per heavy atom. The third-order valence-electron chi connectivity index (χ3n) is 4.66. The number of allylic oxidation sites excluding steroid dienone is 1. The van der Waals surface area contributed by atoms with Gasteiger partial charge in [-0.25, -0.2) is 4.79 Å². The smallest absolute Gasteiger partial charge is 0.335 e. The van der Waals surface area contributed by atoms with Crippen molar-refractivity contribution in [3.8, 4) is 17.6 Å². The summed E-state index contributed by atoms with van der Waals surface area (Å²) in [6, 6.07) is 22.2. The molecule has 0 unspecified atom stereocenters. The summed E-state index contributed by atoms with van der Waals surface area (Å²) in [4.78, 5) is 11.0. The molecule has 3 aromatic carbocycles. The predicted molar refractivity (Wildman–Crippen MR) is 120 cm³/mol. The molecule has 156 valence electrons. The Labute approximate surface area is 181 Å². The normalized spacial score (nSPS) is 10.9. The second-order valence-corrected chi connectivity index (χ2v) is 6.97. The van der Waals surface area contributed by atoms with Crippen molar-refractivity contribution in [3.63, 3.8) is 0 Å². The van der Waals surface area contributed by atoms with Gasteiger partial charge in [0, 0.05) is 0 Å². The van der Waals surface area contributed by atoms with Crippen molar-refractivity contribution in [2.45, 2.75) is 20.5 Å². The summed E-state index contributed by atoms with van der Waals surface area (Å²) >= 11 is 0. The molecule has 0 aliphatic rings. The Hall–Kier alpha value is -4.04. The first-order valence-electron chi connectivity index (χ1n) is 9.91. The predicted octanol–water partition coefficient (Wildman–Crippen LogP) is 5.74. The molecule has 0 aliphatic carbocycles. The fraction of sp³-hybridized carbons (Fsp3) is 0.154. The third kappa shape index (κ3) is 5.74. The standard InChI is InChI=1S/C26H23NO4/c1-3-30-25-15-20(14-23(16-27)21-9-4-18(2)5-10-21)8-13-24(25)31-17-19-6-11-22(12-7-19)26(28)29/h4-15H,3,17H2,1-2H3,(H,28,29)/b23-14-. The Morgan fingerprint density at radius 1 is 0.968 bits per heavy atom. The van der Waals surface area contributed by atoms with Crippen LogP contribution in [0.25, 0.3) is 11.6 Å². The van der Waals surface area contributed by atoms with Crippen LogP contribution < -0.4 is 9.47 Å². The summed E-state index contributed by atoms with van der Waals surface area (Å²) in [5, 5.41) is 18.6. The molecule has 3 aromatic rings. The average molecular weight is 413 g/mol. The van der Waals surface area contributed by atoms with Gasteiger partial charge < -0.3 is 14.6 Å². The fourth-order valence-electron chi connectivity index (χ4n) is 2.99. The van der Waals surface area contributed by atoms with E-state index in [9.17, 15) is 10.1 Å². The minimum atomic E-state index is -0.961. The van der Waals surface area contributed by atoms with Gasteiger partial charge in [0.15, 0.2) is 11.5 Å². The van der Waals surface area contributed by atoms with E-state index in [1.807, 2.05) is 62.4 Å². The SMILES string of the molecule is CCOc1cc(/C=C(/C#N)c2ccc(C)cc2)ccc1OCc1ccc(C(=O)O)cc1. The average Bonchev–Trinajstić information content (AvgIpc) is 2.78. The summed E-state index contributed by atoms with van der Waals surface area (Å²) in [6.45, 7) is 4.65. The molecule has 0 spiro atoms. The maximum atomic E-state index is 11.0. The van der Waals surface area contributed by atoms with E-state index in [-0.39, 0.29) is 12.2 Å². The largest absolute Gasteiger partial charge is 0.490 e. The van der Waals surface area contributed by atoms with Crippen molar-refractivity contribution >= 4 is 17.6 Å². The monoisotopic (exact) mass is 413 g/mol. The van der Waals surface area contributed by atoms with E-state index in [1.165, 1.54) is 0 Å². The number of hydrogen-bond acceptors (Lipinski definition) is 4. The van der Waals surface area contributed by atoms with Crippen LogP contribution in [0.1, 0.15) is 39.5 Å². The van der Waals surface area contributed by atoms with E-state index in [0.29, 0.717) is 23.7 Å². The van der Waals surface area contributed by atoms with Gasteiger partial charge in [0.25, 0.3) is 0 Å². The number of carbonyl (C=O) groups is 1. The van der Waals surface area contributed by atoms with Crippen molar-refractivity contribution in [3.05, 3.63) is 94.5 Å². The molecule has 1 N–H and O–H groups in total. The third-order valence-corrected chi connectivity index (χ3v) is 4.66. The molecule has 5 nitrogen and oxygen atoms in total. The van der Waals surface area contributed by atoms with Crippen LogP contribution in [0.2, 0.25) is 0 Å². The van der Waals surface area contributed by atoms with Gasteiger partial charge in [-0.15, -0.1) is 0 Å². The van der Waals surface area contributed by atoms with Gasteiger partial charge in [0.05, 0.1) is 23.8 Å². The molecule has 0 bridgehead atoms. The first kappa shape index (κ1) is 21.7. The van der Waals surface area contributed by atoms with E-state index >= 15 is 0 Å². The zero-order valence-electron chi connectivity index (χ0n) is 17.5. The highest BCUT2D eigenvalue weighted by Gasteiger charge is 2.09. The molecule has 0 saturated heterocycles. The molecule has 0 fully saturated rings. The van der Waals surface area contributed by atoms with E-state index in [1.54, 1.807) is 24.3 Å². The zero-order chi connectivity index (χ0) is 22.2. The molecular weight excluding hydrogens is 390 g/mol. The lowest BCUT2D eigenvalue weighted by Crippen LogP contribution is -2.01. The van der Waals surface area contributed by atoms with Crippen LogP contribution in [0.4, 0.5) is 0 Å². The van der Waals surface area contributed by atoms with Crippen molar-refractivity contribution in [1.29, 1.82) is 5.26 Å². The molecule has 0 radical (unpaired) electrons. The molecule has 0 saturated carbocycles. The number of hydrogen-bond donors (Lipinski definition) is 1. The summed E-state index contributed by atoms with van der Waals surface area (Å²) in [6.07, 6.45) is 1.82. The maximum absolute atomic E-state index is 11.0.